The summed E-state index contributed by atoms with van der Waals surface area (Å²) in [7, 11) is 0. The van der Waals surface area contributed by atoms with E-state index in [4.69, 9.17) is 5.11 Å². The Labute approximate surface area is 140 Å². The molecule has 0 unspecified atom stereocenters. The summed E-state index contributed by atoms with van der Waals surface area (Å²) in [6.45, 7) is 4.03. The van der Waals surface area contributed by atoms with Gasteiger partial charge in [-0.05, 0) is 43.5 Å². The van der Waals surface area contributed by atoms with E-state index >= 15 is 0 Å². The van der Waals surface area contributed by atoms with Crippen LogP contribution in [0, 0.1) is 0 Å². The molecular formula is C18H21N3O3. The number of rotatable bonds is 4. The number of hydrogen-bond donors (Lipinski definition) is 1. The molecule has 0 bridgehead atoms. The fourth-order valence-corrected chi connectivity index (χ4v) is 3.17. The van der Waals surface area contributed by atoms with Crippen molar-refractivity contribution >= 4 is 11.9 Å². The van der Waals surface area contributed by atoms with Gasteiger partial charge in [-0.3, -0.25) is 9.48 Å². The molecule has 0 spiro atoms. The maximum Gasteiger partial charge on any atom is 0.335 e. The average molecular weight is 327 g/mol. The first-order chi connectivity index (χ1) is 11.6. The molecule has 1 N–H and O–H groups in total. The van der Waals surface area contributed by atoms with Crippen LogP contribution >= 0.6 is 0 Å². The van der Waals surface area contributed by atoms with Crippen LogP contribution in [0.3, 0.4) is 0 Å². The van der Waals surface area contributed by atoms with Crippen LogP contribution in [0.2, 0.25) is 0 Å². The van der Waals surface area contributed by atoms with Crippen molar-refractivity contribution in [1.82, 2.24) is 14.7 Å². The van der Waals surface area contributed by atoms with E-state index in [0.717, 1.165) is 24.9 Å². The Balaban J connectivity index is 1.75. The number of aromatic nitrogens is 2. The molecule has 1 aliphatic rings. The highest BCUT2D eigenvalue weighted by Gasteiger charge is 2.27. The molecule has 1 saturated heterocycles. The van der Waals surface area contributed by atoms with Crippen LogP contribution in [0.4, 0.5) is 0 Å². The minimum atomic E-state index is -0.925. The first kappa shape index (κ1) is 16.2. The van der Waals surface area contributed by atoms with E-state index in [1.165, 1.54) is 0 Å². The minimum absolute atomic E-state index is 0.0544. The van der Waals surface area contributed by atoms with Crippen molar-refractivity contribution in [2.45, 2.75) is 32.2 Å². The smallest absolute Gasteiger partial charge is 0.335 e. The molecule has 0 aliphatic carbocycles. The predicted octanol–water partition coefficient (Wildman–Crippen LogP) is 2.62. The summed E-state index contributed by atoms with van der Waals surface area (Å²) in [5, 5.41) is 13.4. The lowest BCUT2D eigenvalue weighted by atomic mass is 9.89. The summed E-state index contributed by atoms with van der Waals surface area (Å²) < 4.78 is 1.74. The van der Waals surface area contributed by atoms with Crippen molar-refractivity contribution in [2.75, 3.05) is 13.1 Å². The molecule has 6 heteroatoms. The number of carboxylic acid groups (broad SMARTS) is 1. The van der Waals surface area contributed by atoms with Crippen LogP contribution in [0.25, 0.3) is 0 Å². The van der Waals surface area contributed by atoms with Crippen molar-refractivity contribution < 1.29 is 14.7 Å². The van der Waals surface area contributed by atoms with Crippen molar-refractivity contribution in [1.29, 1.82) is 0 Å². The normalized spacial score (nSPS) is 17.7. The molecule has 1 aliphatic heterocycles. The SMILES string of the molecule is CCn1ccc(C(=O)N2CCC[C@@H](c3cccc(C(=O)O)c3)C2)n1. The molecule has 1 aromatic carbocycles. The van der Waals surface area contributed by atoms with Gasteiger partial charge in [0.25, 0.3) is 5.91 Å². The number of nitrogens with zero attached hydrogens (tertiary/aromatic N) is 3. The highest BCUT2D eigenvalue weighted by atomic mass is 16.4. The fraction of sp³-hybridized carbons (Fsp3) is 0.389. The van der Waals surface area contributed by atoms with Crippen LogP contribution in [0.5, 0.6) is 0 Å². The first-order valence-electron chi connectivity index (χ1n) is 8.24. The molecular weight excluding hydrogens is 306 g/mol. The topological polar surface area (TPSA) is 75.4 Å². The lowest BCUT2D eigenvalue weighted by Crippen LogP contribution is -2.39. The average Bonchev–Trinajstić information content (AvgIpc) is 3.10. The van der Waals surface area contributed by atoms with Gasteiger partial charge in [0.1, 0.15) is 5.69 Å². The first-order valence-corrected chi connectivity index (χ1v) is 8.24. The fourth-order valence-electron chi connectivity index (χ4n) is 3.17. The van der Waals surface area contributed by atoms with Gasteiger partial charge in [0.2, 0.25) is 0 Å². The number of carboxylic acids is 1. The molecule has 3 rings (SSSR count). The van der Waals surface area contributed by atoms with Crippen LogP contribution in [0.1, 0.15) is 52.1 Å². The van der Waals surface area contributed by atoms with Gasteiger partial charge in [-0.15, -0.1) is 0 Å². The van der Waals surface area contributed by atoms with Gasteiger partial charge in [-0.1, -0.05) is 12.1 Å². The Bertz CT molecular complexity index is 753. The molecule has 0 saturated carbocycles. The number of likely N-dealkylation sites (tertiary alicyclic amines) is 1. The number of aromatic carboxylic acids is 1. The number of piperidine rings is 1. The van der Waals surface area contributed by atoms with E-state index in [1.54, 1.807) is 28.9 Å². The van der Waals surface area contributed by atoms with Crippen molar-refractivity contribution in [3.05, 3.63) is 53.3 Å². The minimum Gasteiger partial charge on any atom is -0.478 e. The molecule has 6 nitrogen and oxygen atoms in total. The maximum absolute atomic E-state index is 12.6. The third-order valence-corrected chi connectivity index (χ3v) is 4.50. The second kappa shape index (κ2) is 6.86. The predicted molar refractivity (Wildman–Crippen MR) is 89.2 cm³/mol. The van der Waals surface area contributed by atoms with Crippen LogP contribution < -0.4 is 0 Å². The highest BCUT2D eigenvalue weighted by Crippen LogP contribution is 2.28. The van der Waals surface area contributed by atoms with Gasteiger partial charge >= 0.3 is 5.97 Å². The Morgan fingerprint density at radius 3 is 2.88 bits per heavy atom. The van der Waals surface area contributed by atoms with Crippen LogP contribution in [0.15, 0.2) is 36.5 Å². The third kappa shape index (κ3) is 3.32. The van der Waals surface area contributed by atoms with E-state index in [0.29, 0.717) is 18.8 Å². The van der Waals surface area contributed by atoms with Crippen molar-refractivity contribution in [3.8, 4) is 0 Å². The van der Waals surface area contributed by atoms with E-state index in [-0.39, 0.29) is 17.4 Å². The summed E-state index contributed by atoms with van der Waals surface area (Å²) in [4.78, 5) is 25.6. The number of benzene rings is 1. The summed E-state index contributed by atoms with van der Waals surface area (Å²) in [5.41, 5.74) is 1.74. The lowest BCUT2D eigenvalue weighted by molar-refractivity contribution is 0.0685. The quantitative estimate of drug-likeness (QED) is 0.936. The second-order valence-corrected chi connectivity index (χ2v) is 6.08. The van der Waals surface area contributed by atoms with Crippen molar-refractivity contribution in [3.63, 3.8) is 0 Å². The zero-order valence-corrected chi connectivity index (χ0v) is 13.7. The molecule has 0 radical (unpaired) electrons. The molecule has 1 atom stereocenters. The van der Waals surface area contributed by atoms with E-state index in [2.05, 4.69) is 5.10 Å². The second-order valence-electron chi connectivity index (χ2n) is 6.08. The van der Waals surface area contributed by atoms with E-state index < -0.39 is 5.97 Å². The van der Waals surface area contributed by atoms with Gasteiger partial charge in [-0.2, -0.15) is 5.10 Å². The number of aryl methyl sites for hydroxylation is 1. The monoisotopic (exact) mass is 327 g/mol. The lowest BCUT2D eigenvalue weighted by Gasteiger charge is -2.32. The Morgan fingerprint density at radius 1 is 1.33 bits per heavy atom. The van der Waals surface area contributed by atoms with E-state index in [1.807, 2.05) is 24.1 Å². The molecule has 126 valence electrons. The maximum atomic E-state index is 12.6. The summed E-state index contributed by atoms with van der Waals surface area (Å²) in [6.07, 6.45) is 3.67. The number of carbonyl (C=O) groups excluding carboxylic acids is 1. The Hall–Kier alpha value is -2.63. The van der Waals surface area contributed by atoms with Gasteiger partial charge in [0, 0.05) is 31.7 Å². The summed E-state index contributed by atoms with van der Waals surface area (Å²) in [6, 6.07) is 8.77. The van der Waals surface area contributed by atoms with E-state index in [9.17, 15) is 9.59 Å². The third-order valence-electron chi connectivity index (χ3n) is 4.50. The van der Waals surface area contributed by atoms with Gasteiger partial charge in [-0.25, -0.2) is 4.79 Å². The molecule has 1 fully saturated rings. The van der Waals surface area contributed by atoms with Crippen molar-refractivity contribution in [2.24, 2.45) is 0 Å². The Morgan fingerprint density at radius 2 is 2.17 bits per heavy atom. The molecule has 24 heavy (non-hydrogen) atoms. The van der Waals surface area contributed by atoms with Crippen LogP contribution in [-0.2, 0) is 6.54 Å². The zero-order chi connectivity index (χ0) is 17.1. The summed E-state index contributed by atoms with van der Waals surface area (Å²) in [5.74, 6) is -0.817. The molecule has 1 aromatic heterocycles. The highest BCUT2D eigenvalue weighted by molar-refractivity contribution is 5.92. The Kier molecular flexibility index (Phi) is 4.64. The molecule has 1 amide bonds. The van der Waals surface area contributed by atoms with Gasteiger partial charge < -0.3 is 10.0 Å². The zero-order valence-electron chi connectivity index (χ0n) is 13.7. The van der Waals surface area contributed by atoms with Crippen LogP contribution in [-0.4, -0.2) is 44.8 Å². The molecule has 2 aromatic rings. The standard InChI is InChI=1S/C18H21N3O3/c1-2-21-10-8-16(19-21)17(22)20-9-4-7-15(12-20)13-5-3-6-14(11-13)18(23)24/h3,5-6,8,10-11,15H,2,4,7,9,12H2,1H3,(H,23,24)/t15-/m1/s1. The van der Waals surface area contributed by atoms with Gasteiger partial charge in [0.15, 0.2) is 0 Å². The number of hydrogen-bond acceptors (Lipinski definition) is 3. The summed E-state index contributed by atoms with van der Waals surface area (Å²) >= 11 is 0. The number of carbonyl (C=O) groups is 2. The van der Waals surface area contributed by atoms with Gasteiger partial charge in [0.05, 0.1) is 5.56 Å². The molecule has 2 heterocycles. The number of amides is 1. The largest absolute Gasteiger partial charge is 0.478 e.